The van der Waals surface area contributed by atoms with Crippen molar-refractivity contribution in [2.75, 3.05) is 18.1 Å². The van der Waals surface area contributed by atoms with Gasteiger partial charge >= 0.3 is 0 Å². The molecular formula is C16H20N4O3S. The van der Waals surface area contributed by atoms with Crippen molar-refractivity contribution in [1.82, 2.24) is 19.7 Å². The van der Waals surface area contributed by atoms with Gasteiger partial charge in [-0.3, -0.25) is 14.5 Å². The average Bonchev–Trinajstić information content (AvgIpc) is 3.02. The number of carbonyl (C=O) groups excluding carboxylic acids is 1. The summed E-state index contributed by atoms with van der Waals surface area (Å²) in [5.74, 6) is -0.292. The molecule has 3 heterocycles. The predicted octanol–water partition coefficient (Wildman–Crippen LogP) is 1.22. The van der Waals surface area contributed by atoms with Crippen molar-refractivity contribution in [2.24, 2.45) is 0 Å². The van der Waals surface area contributed by atoms with Crippen molar-refractivity contribution in [3.05, 3.63) is 47.5 Å². The molecule has 2 aromatic rings. The number of sulfone groups is 1. The molecular weight excluding hydrogens is 328 g/mol. The topological polar surface area (TPSA) is 85.2 Å². The van der Waals surface area contributed by atoms with Gasteiger partial charge in [-0.25, -0.2) is 8.42 Å². The number of hydrogen-bond acceptors (Lipinski definition) is 5. The molecule has 1 aliphatic heterocycles. The molecule has 0 N–H and O–H groups in total. The summed E-state index contributed by atoms with van der Waals surface area (Å²) in [7, 11) is -3.18. The molecule has 24 heavy (non-hydrogen) atoms. The molecule has 0 bridgehead atoms. The van der Waals surface area contributed by atoms with E-state index in [1.54, 1.807) is 34.2 Å². The smallest absolute Gasteiger partial charge is 0.256 e. The Morgan fingerprint density at radius 1 is 1.33 bits per heavy atom. The quantitative estimate of drug-likeness (QED) is 0.832. The van der Waals surface area contributed by atoms with Crippen LogP contribution in [0.4, 0.5) is 0 Å². The molecule has 2 aromatic heterocycles. The Morgan fingerprint density at radius 2 is 2.12 bits per heavy atom. The first-order valence-electron chi connectivity index (χ1n) is 7.85. The van der Waals surface area contributed by atoms with Gasteiger partial charge in [0.1, 0.15) is 0 Å². The third kappa shape index (κ3) is 3.33. The van der Waals surface area contributed by atoms with Gasteiger partial charge in [0, 0.05) is 37.2 Å². The zero-order valence-electron chi connectivity index (χ0n) is 13.7. The fourth-order valence-electron chi connectivity index (χ4n) is 2.89. The van der Waals surface area contributed by atoms with E-state index in [0.717, 1.165) is 11.1 Å². The minimum absolute atomic E-state index is 0.0175. The highest BCUT2D eigenvalue weighted by molar-refractivity contribution is 7.91. The highest BCUT2D eigenvalue weighted by Gasteiger charge is 2.36. The minimum atomic E-state index is -3.18. The summed E-state index contributed by atoms with van der Waals surface area (Å²) in [5.41, 5.74) is 2.11. The lowest BCUT2D eigenvalue weighted by atomic mass is 10.1. The van der Waals surface area contributed by atoms with Crippen molar-refractivity contribution < 1.29 is 13.2 Å². The standard InChI is InChI=1S/C16H20N4O3S/c1-3-19-10-14(9-18-19)15-11-24(22,23)5-4-20(15)16(21)13-6-12(2)7-17-8-13/h6-10,15H,3-5,11H2,1-2H3/t15-/m1/s1. The summed E-state index contributed by atoms with van der Waals surface area (Å²) in [6.07, 6.45) is 6.65. The lowest BCUT2D eigenvalue weighted by Gasteiger charge is -2.35. The SMILES string of the molecule is CCn1cc([C@H]2CS(=O)(=O)CCN2C(=O)c2cncc(C)c2)cn1. The van der Waals surface area contributed by atoms with Gasteiger partial charge in [-0.1, -0.05) is 0 Å². The van der Waals surface area contributed by atoms with Crippen molar-refractivity contribution in [1.29, 1.82) is 0 Å². The number of pyridine rings is 1. The predicted molar refractivity (Wildman–Crippen MR) is 89.3 cm³/mol. The lowest BCUT2D eigenvalue weighted by Crippen LogP contribution is -2.46. The molecule has 8 heteroatoms. The highest BCUT2D eigenvalue weighted by atomic mass is 32.2. The Labute approximate surface area is 141 Å². The third-order valence-electron chi connectivity index (χ3n) is 4.18. The maximum atomic E-state index is 12.9. The van der Waals surface area contributed by atoms with Crippen LogP contribution in [0.5, 0.6) is 0 Å². The Balaban J connectivity index is 1.96. The molecule has 0 saturated carbocycles. The summed E-state index contributed by atoms with van der Waals surface area (Å²) in [6, 6.07) is 1.25. The first kappa shape index (κ1) is 16.6. The van der Waals surface area contributed by atoms with Gasteiger partial charge in [0.15, 0.2) is 9.84 Å². The van der Waals surface area contributed by atoms with Crippen LogP contribution >= 0.6 is 0 Å². The van der Waals surface area contributed by atoms with Gasteiger partial charge in [-0.2, -0.15) is 5.10 Å². The van der Waals surface area contributed by atoms with Gasteiger partial charge in [-0.15, -0.1) is 0 Å². The first-order valence-corrected chi connectivity index (χ1v) is 9.67. The molecule has 1 aliphatic rings. The maximum absolute atomic E-state index is 12.9. The molecule has 0 radical (unpaired) electrons. The number of carbonyl (C=O) groups is 1. The highest BCUT2D eigenvalue weighted by Crippen LogP contribution is 2.28. The van der Waals surface area contributed by atoms with Crippen molar-refractivity contribution in [2.45, 2.75) is 26.4 Å². The van der Waals surface area contributed by atoms with E-state index in [2.05, 4.69) is 10.1 Å². The Hall–Kier alpha value is -2.22. The summed E-state index contributed by atoms with van der Waals surface area (Å²) < 4.78 is 25.9. The van der Waals surface area contributed by atoms with E-state index in [-0.39, 0.29) is 24.0 Å². The van der Waals surface area contributed by atoms with E-state index in [4.69, 9.17) is 0 Å². The van der Waals surface area contributed by atoms with E-state index in [0.29, 0.717) is 12.1 Å². The zero-order chi connectivity index (χ0) is 17.3. The lowest BCUT2D eigenvalue weighted by molar-refractivity contribution is 0.0697. The average molecular weight is 348 g/mol. The normalized spacial score (nSPS) is 20.1. The molecule has 128 valence electrons. The zero-order valence-corrected chi connectivity index (χ0v) is 14.5. The van der Waals surface area contributed by atoms with E-state index >= 15 is 0 Å². The molecule has 7 nitrogen and oxygen atoms in total. The second kappa shape index (κ2) is 6.35. The second-order valence-electron chi connectivity index (χ2n) is 6.01. The number of rotatable bonds is 3. The molecule has 0 aliphatic carbocycles. The number of nitrogens with zero attached hydrogens (tertiary/aromatic N) is 4. The van der Waals surface area contributed by atoms with Gasteiger partial charge in [-0.05, 0) is 25.5 Å². The van der Waals surface area contributed by atoms with Crippen LogP contribution in [0.2, 0.25) is 0 Å². The van der Waals surface area contributed by atoms with Crippen LogP contribution in [-0.4, -0.2) is 52.0 Å². The van der Waals surface area contributed by atoms with E-state index in [1.165, 1.54) is 6.20 Å². The number of aryl methyl sites for hydroxylation is 2. The van der Waals surface area contributed by atoms with Crippen molar-refractivity contribution in [3.63, 3.8) is 0 Å². The van der Waals surface area contributed by atoms with Crippen LogP contribution in [0.1, 0.15) is 34.5 Å². The van der Waals surface area contributed by atoms with Crippen LogP contribution in [0.3, 0.4) is 0 Å². The van der Waals surface area contributed by atoms with E-state index in [9.17, 15) is 13.2 Å². The second-order valence-corrected chi connectivity index (χ2v) is 8.24. The van der Waals surface area contributed by atoms with Crippen LogP contribution in [0, 0.1) is 6.92 Å². The van der Waals surface area contributed by atoms with Gasteiger partial charge in [0.25, 0.3) is 5.91 Å². The Bertz CT molecular complexity index is 860. The summed E-state index contributed by atoms with van der Waals surface area (Å²) in [4.78, 5) is 18.6. The molecule has 0 unspecified atom stereocenters. The van der Waals surface area contributed by atoms with Gasteiger partial charge < -0.3 is 4.90 Å². The molecule has 0 aromatic carbocycles. The Morgan fingerprint density at radius 3 is 2.79 bits per heavy atom. The maximum Gasteiger partial charge on any atom is 0.256 e. The third-order valence-corrected chi connectivity index (χ3v) is 5.80. The number of aromatic nitrogens is 3. The van der Waals surface area contributed by atoms with Gasteiger partial charge in [0.05, 0.1) is 29.3 Å². The summed E-state index contributed by atoms with van der Waals surface area (Å²) >= 11 is 0. The summed E-state index contributed by atoms with van der Waals surface area (Å²) in [6.45, 7) is 4.69. The fraction of sp³-hybridized carbons (Fsp3) is 0.438. The largest absolute Gasteiger partial charge is 0.329 e. The number of amides is 1. The monoisotopic (exact) mass is 348 g/mol. The number of hydrogen-bond donors (Lipinski definition) is 0. The van der Waals surface area contributed by atoms with Crippen LogP contribution in [0.15, 0.2) is 30.9 Å². The molecule has 1 atom stereocenters. The van der Waals surface area contributed by atoms with Crippen molar-refractivity contribution >= 4 is 15.7 Å². The fourth-order valence-corrected chi connectivity index (χ4v) is 4.38. The first-order chi connectivity index (χ1) is 11.4. The van der Waals surface area contributed by atoms with Crippen LogP contribution in [0.25, 0.3) is 0 Å². The Kier molecular flexibility index (Phi) is 4.40. The van der Waals surface area contributed by atoms with E-state index in [1.807, 2.05) is 13.8 Å². The molecule has 0 spiro atoms. The molecule has 1 amide bonds. The van der Waals surface area contributed by atoms with Crippen molar-refractivity contribution in [3.8, 4) is 0 Å². The van der Waals surface area contributed by atoms with Crippen LogP contribution < -0.4 is 0 Å². The minimum Gasteiger partial charge on any atom is -0.329 e. The van der Waals surface area contributed by atoms with E-state index < -0.39 is 15.9 Å². The molecule has 1 fully saturated rings. The molecule has 3 rings (SSSR count). The summed E-state index contributed by atoms with van der Waals surface area (Å²) in [5, 5.41) is 4.21. The molecule has 1 saturated heterocycles. The van der Waals surface area contributed by atoms with Crippen LogP contribution in [-0.2, 0) is 16.4 Å². The van der Waals surface area contributed by atoms with Gasteiger partial charge in [0.2, 0.25) is 0 Å².